The van der Waals surface area contributed by atoms with E-state index in [9.17, 15) is 4.79 Å². The molecule has 0 aromatic rings. The van der Waals surface area contributed by atoms with Gasteiger partial charge in [-0.1, -0.05) is 20.8 Å². The maximum atomic E-state index is 12.0. The number of likely N-dealkylation sites (tertiary alicyclic amines) is 1. The van der Waals surface area contributed by atoms with Gasteiger partial charge in [0.25, 0.3) is 0 Å². The molecule has 0 aromatic heterocycles. The van der Waals surface area contributed by atoms with Crippen LogP contribution in [-0.2, 0) is 4.79 Å². The Bertz CT molecular complexity index is 352. The van der Waals surface area contributed by atoms with E-state index in [1.165, 1.54) is 12.8 Å². The number of carbonyl (C=O) groups excluding carboxylic acids is 1. The Kier molecular flexibility index (Phi) is 10.6. The first kappa shape index (κ1) is 22.4. The topological polar surface area (TPSA) is 72.8 Å². The number of carbonyl (C=O) groups is 1. The molecule has 0 unspecified atom stereocenters. The first-order valence-corrected chi connectivity index (χ1v) is 10.1. The van der Waals surface area contributed by atoms with Gasteiger partial charge >= 0.3 is 0 Å². The van der Waals surface area contributed by atoms with E-state index in [-0.39, 0.29) is 17.9 Å². The molecule has 148 valence electrons. The summed E-state index contributed by atoms with van der Waals surface area (Å²) in [5.74, 6) is 1.69. The van der Waals surface area contributed by atoms with Crippen LogP contribution in [0.4, 0.5) is 0 Å². The van der Waals surface area contributed by atoms with Crippen LogP contribution in [0.1, 0.15) is 65.7 Å². The molecule has 0 bridgehead atoms. The number of aliphatic hydroxyl groups is 2. The van der Waals surface area contributed by atoms with Crippen molar-refractivity contribution in [1.82, 2.24) is 10.2 Å². The zero-order chi connectivity index (χ0) is 18.7. The van der Waals surface area contributed by atoms with Crippen molar-refractivity contribution >= 4 is 5.91 Å². The zero-order valence-corrected chi connectivity index (χ0v) is 16.6. The molecule has 0 radical (unpaired) electrons. The van der Waals surface area contributed by atoms with Crippen LogP contribution in [-0.4, -0.2) is 60.4 Å². The van der Waals surface area contributed by atoms with Gasteiger partial charge in [-0.3, -0.25) is 4.79 Å². The molecule has 0 atom stereocenters. The number of aliphatic hydroxyl groups excluding tert-OH is 2. The van der Waals surface area contributed by atoms with E-state index in [1.54, 1.807) is 0 Å². The van der Waals surface area contributed by atoms with Crippen molar-refractivity contribution in [3.63, 3.8) is 0 Å². The van der Waals surface area contributed by atoms with Crippen LogP contribution in [0.3, 0.4) is 0 Å². The standard InChI is InChI=1S/C13H25NO2.C7H15NO/c1-13(2,3)10-12(16)14-7-4-11(5-8-14)6-9-15;9-6-3-7-1-4-8-5-2-7/h11,15H,4-10H2,1-3H3;7-9H,1-6H2. The van der Waals surface area contributed by atoms with E-state index >= 15 is 0 Å². The smallest absolute Gasteiger partial charge is 0.223 e. The third-order valence-electron chi connectivity index (χ3n) is 5.18. The Labute approximate surface area is 154 Å². The van der Waals surface area contributed by atoms with E-state index in [1.807, 2.05) is 4.90 Å². The van der Waals surface area contributed by atoms with Crippen LogP contribution in [0.25, 0.3) is 0 Å². The Morgan fingerprint density at radius 2 is 1.44 bits per heavy atom. The molecule has 0 aliphatic carbocycles. The second-order valence-corrected chi connectivity index (χ2v) is 8.78. The average Bonchev–Trinajstić information content (AvgIpc) is 2.56. The lowest BCUT2D eigenvalue weighted by Gasteiger charge is -2.33. The second kappa shape index (κ2) is 11.9. The fourth-order valence-electron chi connectivity index (χ4n) is 3.57. The third kappa shape index (κ3) is 10.2. The molecule has 25 heavy (non-hydrogen) atoms. The first-order valence-electron chi connectivity index (χ1n) is 10.1. The van der Waals surface area contributed by atoms with Crippen LogP contribution < -0.4 is 5.32 Å². The van der Waals surface area contributed by atoms with Crippen molar-refractivity contribution in [3.8, 4) is 0 Å². The van der Waals surface area contributed by atoms with E-state index in [2.05, 4.69) is 26.1 Å². The monoisotopic (exact) mass is 356 g/mol. The molecule has 2 aliphatic rings. The van der Waals surface area contributed by atoms with Crippen molar-refractivity contribution < 1.29 is 15.0 Å². The summed E-state index contributed by atoms with van der Waals surface area (Å²) in [5.41, 5.74) is 0.0824. The van der Waals surface area contributed by atoms with Gasteiger partial charge in [-0.25, -0.2) is 0 Å². The van der Waals surface area contributed by atoms with Crippen LogP contribution in [0.15, 0.2) is 0 Å². The van der Waals surface area contributed by atoms with Gasteiger partial charge in [0.1, 0.15) is 0 Å². The largest absolute Gasteiger partial charge is 0.396 e. The summed E-state index contributed by atoms with van der Waals surface area (Å²) in [6.07, 6.45) is 7.13. The van der Waals surface area contributed by atoms with Crippen LogP contribution >= 0.6 is 0 Å². The van der Waals surface area contributed by atoms with Gasteiger partial charge < -0.3 is 20.4 Å². The summed E-state index contributed by atoms with van der Waals surface area (Å²) in [4.78, 5) is 13.9. The average molecular weight is 357 g/mol. The summed E-state index contributed by atoms with van der Waals surface area (Å²) in [6.45, 7) is 11.0. The molecule has 2 rings (SSSR count). The van der Waals surface area contributed by atoms with Crippen LogP contribution in [0.2, 0.25) is 0 Å². The molecule has 2 fully saturated rings. The molecule has 0 saturated carbocycles. The van der Waals surface area contributed by atoms with Gasteiger partial charge in [-0.2, -0.15) is 0 Å². The van der Waals surface area contributed by atoms with Crippen molar-refractivity contribution in [2.24, 2.45) is 17.3 Å². The summed E-state index contributed by atoms with van der Waals surface area (Å²) in [7, 11) is 0. The van der Waals surface area contributed by atoms with Gasteiger partial charge in [0.2, 0.25) is 5.91 Å². The molecule has 2 aliphatic heterocycles. The minimum absolute atomic E-state index is 0.0824. The number of hydrogen-bond donors (Lipinski definition) is 3. The minimum atomic E-state index is 0.0824. The SMILES string of the molecule is CC(C)(C)CC(=O)N1CCC(CCO)CC1.OCCC1CCNCC1. The third-order valence-corrected chi connectivity index (χ3v) is 5.18. The maximum Gasteiger partial charge on any atom is 0.223 e. The molecular weight excluding hydrogens is 316 g/mol. The highest BCUT2D eigenvalue weighted by Gasteiger charge is 2.25. The van der Waals surface area contributed by atoms with E-state index in [0.717, 1.165) is 57.8 Å². The van der Waals surface area contributed by atoms with Crippen molar-refractivity contribution in [2.45, 2.75) is 65.7 Å². The van der Waals surface area contributed by atoms with Crippen molar-refractivity contribution in [3.05, 3.63) is 0 Å². The minimum Gasteiger partial charge on any atom is -0.396 e. The number of amides is 1. The molecular formula is C20H40N2O3. The predicted molar refractivity (Wildman–Crippen MR) is 102 cm³/mol. The van der Waals surface area contributed by atoms with Crippen LogP contribution in [0.5, 0.6) is 0 Å². The fraction of sp³-hybridized carbons (Fsp3) is 0.950. The molecule has 2 saturated heterocycles. The Balaban J connectivity index is 0.000000293. The fourth-order valence-corrected chi connectivity index (χ4v) is 3.57. The molecule has 2 heterocycles. The number of rotatable bonds is 5. The number of piperidine rings is 2. The second-order valence-electron chi connectivity index (χ2n) is 8.78. The molecule has 0 aromatic carbocycles. The normalized spacial score (nSPS) is 20.1. The van der Waals surface area contributed by atoms with Gasteiger partial charge in [-0.05, 0) is 68.9 Å². The van der Waals surface area contributed by atoms with Gasteiger partial charge in [-0.15, -0.1) is 0 Å². The predicted octanol–water partition coefficient (Wildman–Crippen LogP) is 2.41. The Morgan fingerprint density at radius 1 is 0.960 bits per heavy atom. The summed E-state index contributed by atoms with van der Waals surface area (Å²) >= 11 is 0. The highest BCUT2D eigenvalue weighted by Crippen LogP contribution is 2.24. The molecule has 5 nitrogen and oxygen atoms in total. The number of nitrogens with one attached hydrogen (secondary N) is 1. The molecule has 5 heteroatoms. The zero-order valence-electron chi connectivity index (χ0n) is 16.6. The lowest BCUT2D eigenvalue weighted by atomic mass is 9.90. The van der Waals surface area contributed by atoms with Gasteiger partial charge in [0.15, 0.2) is 0 Å². The van der Waals surface area contributed by atoms with Gasteiger partial charge in [0.05, 0.1) is 0 Å². The molecule has 3 N–H and O–H groups in total. The van der Waals surface area contributed by atoms with Crippen LogP contribution in [0, 0.1) is 17.3 Å². The molecule has 1 amide bonds. The maximum absolute atomic E-state index is 12.0. The quantitative estimate of drug-likeness (QED) is 0.707. The molecule has 0 spiro atoms. The Hall–Kier alpha value is -0.650. The summed E-state index contributed by atoms with van der Waals surface area (Å²) in [5, 5.41) is 20.8. The van der Waals surface area contributed by atoms with E-state index in [0.29, 0.717) is 18.9 Å². The first-order chi connectivity index (χ1) is 11.9. The van der Waals surface area contributed by atoms with Crippen molar-refractivity contribution in [2.75, 3.05) is 39.4 Å². The lowest BCUT2D eigenvalue weighted by molar-refractivity contribution is -0.134. The lowest BCUT2D eigenvalue weighted by Crippen LogP contribution is -2.40. The summed E-state index contributed by atoms with van der Waals surface area (Å²) in [6, 6.07) is 0. The van der Waals surface area contributed by atoms with Gasteiger partial charge in [0, 0.05) is 32.7 Å². The highest BCUT2D eigenvalue weighted by molar-refractivity contribution is 5.76. The number of nitrogens with zero attached hydrogens (tertiary/aromatic N) is 1. The van der Waals surface area contributed by atoms with E-state index in [4.69, 9.17) is 10.2 Å². The Morgan fingerprint density at radius 3 is 1.88 bits per heavy atom. The highest BCUT2D eigenvalue weighted by atomic mass is 16.3. The van der Waals surface area contributed by atoms with Crippen molar-refractivity contribution in [1.29, 1.82) is 0 Å². The summed E-state index contributed by atoms with van der Waals surface area (Å²) < 4.78 is 0. The number of hydrogen-bond acceptors (Lipinski definition) is 4. The van der Waals surface area contributed by atoms with E-state index < -0.39 is 0 Å².